The molecule has 0 saturated carbocycles. The maximum Gasteiger partial charge on any atom is 0.0426 e. The maximum absolute atomic E-state index is 5.97. The van der Waals surface area contributed by atoms with Gasteiger partial charge >= 0.3 is 0 Å². The third-order valence-electron chi connectivity index (χ3n) is 3.10. The molecule has 2 heterocycles. The summed E-state index contributed by atoms with van der Waals surface area (Å²) in [6.07, 6.45) is 7.25. The Morgan fingerprint density at radius 3 is 3.07 bits per heavy atom. The van der Waals surface area contributed by atoms with Crippen LogP contribution in [0.1, 0.15) is 24.8 Å². The van der Waals surface area contributed by atoms with Crippen LogP contribution in [0.4, 0.5) is 5.69 Å². The smallest absolute Gasteiger partial charge is 0.0426 e. The molecule has 0 radical (unpaired) electrons. The minimum Gasteiger partial charge on any atom is -0.371 e. The summed E-state index contributed by atoms with van der Waals surface area (Å²) in [7, 11) is 0. The molecule has 2 rings (SSSR count). The third-order valence-corrected chi connectivity index (χ3v) is 3.10. The van der Waals surface area contributed by atoms with Crippen molar-refractivity contribution in [2.75, 3.05) is 18.0 Å². The SMILES string of the molecule is Cc1cnccc1N1CCCC(N)CC1. The summed E-state index contributed by atoms with van der Waals surface area (Å²) in [6.45, 7) is 4.32. The number of hydrogen-bond acceptors (Lipinski definition) is 3. The average Bonchev–Trinajstić information content (AvgIpc) is 2.44. The molecule has 1 aliphatic heterocycles. The number of aryl methyl sites for hydroxylation is 1. The first kappa shape index (κ1) is 10.4. The van der Waals surface area contributed by atoms with Gasteiger partial charge in [-0.25, -0.2) is 0 Å². The van der Waals surface area contributed by atoms with Gasteiger partial charge in [0.15, 0.2) is 0 Å². The summed E-state index contributed by atoms with van der Waals surface area (Å²) in [5.74, 6) is 0. The average molecular weight is 205 g/mol. The van der Waals surface area contributed by atoms with Gasteiger partial charge in [-0.1, -0.05) is 0 Å². The molecule has 2 N–H and O–H groups in total. The molecule has 0 spiro atoms. The molecule has 15 heavy (non-hydrogen) atoms. The van der Waals surface area contributed by atoms with Gasteiger partial charge in [-0.15, -0.1) is 0 Å². The molecule has 1 fully saturated rings. The Morgan fingerprint density at radius 1 is 1.40 bits per heavy atom. The second-order valence-corrected chi connectivity index (χ2v) is 4.34. The minimum atomic E-state index is 0.386. The molecule has 1 aliphatic rings. The van der Waals surface area contributed by atoms with Gasteiger partial charge < -0.3 is 10.6 Å². The van der Waals surface area contributed by atoms with Crippen molar-refractivity contribution in [1.29, 1.82) is 0 Å². The highest BCUT2D eigenvalue weighted by atomic mass is 15.1. The van der Waals surface area contributed by atoms with Crippen molar-refractivity contribution in [2.45, 2.75) is 32.2 Å². The van der Waals surface area contributed by atoms with Crippen molar-refractivity contribution >= 4 is 5.69 Å². The van der Waals surface area contributed by atoms with E-state index in [-0.39, 0.29) is 0 Å². The van der Waals surface area contributed by atoms with E-state index in [1.54, 1.807) is 0 Å². The molecule has 1 aromatic heterocycles. The molecule has 1 aromatic rings. The summed E-state index contributed by atoms with van der Waals surface area (Å²) in [5, 5.41) is 0. The largest absolute Gasteiger partial charge is 0.371 e. The van der Waals surface area contributed by atoms with Gasteiger partial charge in [0.25, 0.3) is 0 Å². The standard InChI is InChI=1S/C12H19N3/c1-10-9-14-6-4-12(10)15-7-2-3-11(13)5-8-15/h4,6,9,11H,2-3,5,7-8,13H2,1H3. The predicted octanol–water partition coefficient (Wildman–Crippen LogP) is 1.71. The van der Waals surface area contributed by atoms with Crippen molar-refractivity contribution in [2.24, 2.45) is 5.73 Å². The zero-order valence-corrected chi connectivity index (χ0v) is 9.32. The van der Waals surface area contributed by atoms with E-state index in [4.69, 9.17) is 5.73 Å². The predicted molar refractivity (Wildman–Crippen MR) is 63.0 cm³/mol. The summed E-state index contributed by atoms with van der Waals surface area (Å²) in [6, 6.07) is 2.49. The van der Waals surface area contributed by atoms with Crippen LogP contribution in [0, 0.1) is 6.92 Å². The van der Waals surface area contributed by atoms with Crippen LogP contribution >= 0.6 is 0 Å². The fourth-order valence-corrected chi connectivity index (χ4v) is 2.18. The lowest BCUT2D eigenvalue weighted by atomic mass is 10.1. The Bertz CT molecular complexity index is 324. The van der Waals surface area contributed by atoms with Gasteiger partial charge in [-0.3, -0.25) is 4.98 Å². The molecule has 82 valence electrons. The number of rotatable bonds is 1. The lowest BCUT2D eigenvalue weighted by Gasteiger charge is -2.24. The van der Waals surface area contributed by atoms with Gasteiger partial charge in [0.05, 0.1) is 0 Å². The number of pyridine rings is 1. The van der Waals surface area contributed by atoms with Gasteiger partial charge in [0, 0.05) is 37.2 Å². The number of aromatic nitrogens is 1. The van der Waals surface area contributed by atoms with Gasteiger partial charge in [-0.05, 0) is 37.8 Å². The van der Waals surface area contributed by atoms with Gasteiger partial charge in [-0.2, -0.15) is 0 Å². The van der Waals surface area contributed by atoms with Crippen LogP contribution < -0.4 is 10.6 Å². The van der Waals surface area contributed by atoms with E-state index >= 15 is 0 Å². The number of hydrogen-bond donors (Lipinski definition) is 1. The van der Waals surface area contributed by atoms with Crippen molar-refractivity contribution in [3.63, 3.8) is 0 Å². The topological polar surface area (TPSA) is 42.2 Å². The van der Waals surface area contributed by atoms with E-state index in [0.29, 0.717) is 6.04 Å². The quantitative estimate of drug-likeness (QED) is 0.759. The first-order chi connectivity index (χ1) is 7.27. The van der Waals surface area contributed by atoms with E-state index in [0.717, 1.165) is 25.9 Å². The molecule has 1 unspecified atom stereocenters. The fraction of sp³-hybridized carbons (Fsp3) is 0.583. The molecular weight excluding hydrogens is 186 g/mol. The minimum absolute atomic E-state index is 0.386. The number of anilines is 1. The Kier molecular flexibility index (Phi) is 3.21. The molecule has 0 aromatic carbocycles. The molecule has 0 amide bonds. The van der Waals surface area contributed by atoms with E-state index in [9.17, 15) is 0 Å². The van der Waals surface area contributed by atoms with Crippen molar-refractivity contribution in [3.8, 4) is 0 Å². The van der Waals surface area contributed by atoms with Crippen molar-refractivity contribution in [3.05, 3.63) is 24.0 Å². The fourth-order valence-electron chi connectivity index (χ4n) is 2.18. The van der Waals surface area contributed by atoms with E-state index in [1.807, 2.05) is 12.4 Å². The van der Waals surface area contributed by atoms with Gasteiger partial charge in [0.2, 0.25) is 0 Å². The first-order valence-electron chi connectivity index (χ1n) is 5.68. The van der Waals surface area contributed by atoms with Crippen LogP contribution in [-0.4, -0.2) is 24.1 Å². The summed E-state index contributed by atoms with van der Waals surface area (Å²) in [4.78, 5) is 6.56. The second-order valence-electron chi connectivity index (χ2n) is 4.34. The van der Waals surface area contributed by atoms with E-state index in [2.05, 4.69) is 22.9 Å². The first-order valence-corrected chi connectivity index (χ1v) is 5.68. The second kappa shape index (κ2) is 4.62. The molecule has 3 heteroatoms. The third kappa shape index (κ3) is 2.48. The zero-order valence-electron chi connectivity index (χ0n) is 9.32. The Balaban J connectivity index is 2.13. The molecule has 3 nitrogen and oxygen atoms in total. The maximum atomic E-state index is 5.97. The highest BCUT2D eigenvalue weighted by Gasteiger charge is 2.15. The lowest BCUT2D eigenvalue weighted by molar-refractivity contribution is 0.601. The normalized spacial score (nSPS) is 22.5. The zero-order chi connectivity index (χ0) is 10.7. The summed E-state index contributed by atoms with van der Waals surface area (Å²) < 4.78 is 0. The van der Waals surface area contributed by atoms with Gasteiger partial charge in [0.1, 0.15) is 0 Å². The van der Waals surface area contributed by atoms with Crippen LogP contribution in [-0.2, 0) is 0 Å². The van der Waals surface area contributed by atoms with Crippen LogP contribution in [0.5, 0.6) is 0 Å². The summed E-state index contributed by atoms with van der Waals surface area (Å²) >= 11 is 0. The highest BCUT2D eigenvalue weighted by Crippen LogP contribution is 2.21. The van der Waals surface area contributed by atoms with Crippen LogP contribution in [0.25, 0.3) is 0 Å². The molecular formula is C12H19N3. The molecule has 1 saturated heterocycles. The number of nitrogens with zero attached hydrogens (tertiary/aromatic N) is 2. The lowest BCUT2D eigenvalue weighted by Crippen LogP contribution is -2.26. The van der Waals surface area contributed by atoms with E-state index in [1.165, 1.54) is 17.7 Å². The Labute approximate surface area is 91.3 Å². The Morgan fingerprint density at radius 2 is 2.27 bits per heavy atom. The Hall–Kier alpha value is -1.09. The monoisotopic (exact) mass is 205 g/mol. The molecule has 0 aliphatic carbocycles. The number of nitrogens with two attached hydrogens (primary N) is 1. The summed E-state index contributed by atoms with van der Waals surface area (Å²) in [5.41, 5.74) is 8.55. The molecule has 1 atom stereocenters. The van der Waals surface area contributed by atoms with Crippen molar-refractivity contribution in [1.82, 2.24) is 4.98 Å². The highest BCUT2D eigenvalue weighted by molar-refractivity contribution is 5.51. The van der Waals surface area contributed by atoms with Crippen molar-refractivity contribution < 1.29 is 0 Å². The van der Waals surface area contributed by atoms with Crippen LogP contribution in [0.2, 0.25) is 0 Å². The van der Waals surface area contributed by atoms with Crippen LogP contribution in [0.15, 0.2) is 18.5 Å². The molecule has 0 bridgehead atoms. The van der Waals surface area contributed by atoms with Crippen LogP contribution in [0.3, 0.4) is 0 Å². The van der Waals surface area contributed by atoms with E-state index < -0.39 is 0 Å².